The Morgan fingerprint density at radius 3 is 2.57 bits per heavy atom. The van der Waals surface area contributed by atoms with Crippen molar-refractivity contribution < 1.29 is 23.5 Å². The zero-order chi connectivity index (χ0) is 19.8. The van der Waals surface area contributed by atoms with Gasteiger partial charge >= 0.3 is 6.09 Å². The van der Waals surface area contributed by atoms with Crippen LogP contribution in [0.4, 0.5) is 14.9 Å². The molecule has 2 N–H and O–H groups in total. The first-order valence-electron chi connectivity index (χ1n) is 9.29. The molecular weight excluding hydrogens is 363 g/mol. The van der Waals surface area contributed by atoms with Gasteiger partial charge in [0, 0.05) is 18.2 Å². The van der Waals surface area contributed by atoms with Gasteiger partial charge in [-0.2, -0.15) is 0 Å². The van der Waals surface area contributed by atoms with Crippen LogP contribution < -0.4 is 15.4 Å². The molecule has 1 aliphatic carbocycles. The Morgan fingerprint density at radius 2 is 1.79 bits per heavy atom. The van der Waals surface area contributed by atoms with Gasteiger partial charge in [-0.05, 0) is 43.5 Å². The molecule has 0 spiro atoms. The summed E-state index contributed by atoms with van der Waals surface area (Å²) >= 11 is 0. The Balaban J connectivity index is 1.42. The third-order valence-electron chi connectivity index (χ3n) is 4.48. The van der Waals surface area contributed by atoms with Crippen LogP contribution >= 0.6 is 0 Å². The Kier molecular flexibility index (Phi) is 6.84. The molecule has 7 heteroatoms. The van der Waals surface area contributed by atoms with Crippen molar-refractivity contribution in [3.63, 3.8) is 0 Å². The van der Waals surface area contributed by atoms with E-state index in [2.05, 4.69) is 10.6 Å². The van der Waals surface area contributed by atoms with Gasteiger partial charge in [0.25, 0.3) is 5.91 Å². The molecule has 0 aliphatic heterocycles. The quantitative estimate of drug-likeness (QED) is 0.790. The van der Waals surface area contributed by atoms with Crippen molar-refractivity contribution in [1.29, 1.82) is 0 Å². The Hall–Kier alpha value is -3.09. The van der Waals surface area contributed by atoms with Crippen LogP contribution in [0.3, 0.4) is 0 Å². The number of halogens is 1. The summed E-state index contributed by atoms with van der Waals surface area (Å²) in [7, 11) is 0. The summed E-state index contributed by atoms with van der Waals surface area (Å²) in [5, 5.41) is 5.55. The molecule has 2 aromatic carbocycles. The SMILES string of the molecule is O=C(COc1ccccc1F)N[C@@H]1CCC[C@@H](OC(=O)Nc2ccccc2)C1. The molecule has 2 amide bonds. The summed E-state index contributed by atoms with van der Waals surface area (Å²) in [6.45, 7) is -0.266. The molecule has 0 bridgehead atoms. The molecule has 0 heterocycles. The number of para-hydroxylation sites is 2. The van der Waals surface area contributed by atoms with Crippen LogP contribution in [0.5, 0.6) is 5.75 Å². The van der Waals surface area contributed by atoms with Gasteiger partial charge < -0.3 is 14.8 Å². The van der Waals surface area contributed by atoms with Crippen molar-refractivity contribution in [3.8, 4) is 5.75 Å². The van der Waals surface area contributed by atoms with E-state index in [1.54, 1.807) is 24.3 Å². The molecule has 0 saturated heterocycles. The number of hydrogen-bond donors (Lipinski definition) is 2. The maximum atomic E-state index is 13.5. The van der Waals surface area contributed by atoms with Crippen LogP contribution in [0.25, 0.3) is 0 Å². The molecule has 3 rings (SSSR count). The van der Waals surface area contributed by atoms with E-state index >= 15 is 0 Å². The van der Waals surface area contributed by atoms with Crippen LogP contribution in [0, 0.1) is 5.82 Å². The third kappa shape index (κ3) is 5.97. The number of nitrogens with one attached hydrogen (secondary N) is 2. The smallest absolute Gasteiger partial charge is 0.411 e. The lowest BCUT2D eigenvalue weighted by Crippen LogP contribution is -2.43. The summed E-state index contributed by atoms with van der Waals surface area (Å²) in [4.78, 5) is 24.1. The minimum absolute atomic E-state index is 0.0417. The van der Waals surface area contributed by atoms with Crippen molar-refractivity contribution >= 4 is 17.7 Å². The largest absolute Gasteiger partial charge is 0.481 e. The highest BCUT2D eigenvalue weighted by molar-refractivity contribution is 5.84. The van der Waals surface area contributed by atoms with Gasteiger partial charge in [0.2, 0.25) is 0 Å². The van der Waals surface area contributed by atoms with Gasteiger partial charge in [-0.25, -0.2) is 9.18 Å². The molecule has 2 atom stereocenters. The number of anilines is 1. The fourth-order valence-electron chi connectivity index (χ4n) is 3.18. The van der Waals surface area contributed by atoms with Gasteiger partial charge in [0.1, 0.15) is 6.10 Å². The van der Waals surface area contributed by atoms with Gasteiger partial charge in [-0.1, -0.05) is 30.3 Å². The molecule has 1 fully saturated rings. The van der Waals surface area contributed by atoms with Crippen molar-refractivity contribution in [3.05, 3.63) is 60.4 Å². The Bertz CT molecular complexity index is 800. The molecule has 2 aromatic rings. The normalized spacial score (nSPS) is 18.8. The summed E-state index contributed by atoms with van der Waals surface area (Å²) < 4.78 is 24.2. The van der Waals surface area contributed by atoms with Crippen LogP contribution in [-0.4, -0.2) is 30.8 Å². The predicted molar refractivity (Wildman–Crippen MR) is 103 cm³/mol. The van der Waals surface area contributed by atoms with Gasteiger partial charge in [0.15, 0.2) is 18.2 Å². The zero-order valence-electron chi connectivity index (χ0n) is 15.4. The van der Waals surface area contributed by atoms with Crippen LogP contribution in [0.15, 0.2) is 54.6 Å². The van der Waals surface area contributed by atoms with E-state index in [1.165, 1.54) is 12.1 Å². The van der Waals surface area contributed by atoms with Crippen molar-refractivity contribution in [1.82, 2.24) is 5.32 Å². The molecule has 0 unspecified atom stereocenters. The number of hydrogen-bond acceptors (Lipinski definition) is 4. The van der Waals surface area contributed by atoms with E-state index in [0.717, 1.165) is 19.3 Å². The standard InChI is InChI=1S/C21H23FN2O4/c22-18-11-4-5-12-19(18)27-14-20(25)23-16-9-6-10-17(13-16)28-21(26)24-15-7-2-1-3-8-15/h1-5,7-8,11-12,16-17H,6,9-10,13-14H2,(H,23,25)(H,24,26)/t16-,17-/m1/s1. The summed E-state index contributed by atoms with van der Waals surface area (Å²) in [6, 6.07) is 14.9. The fraction of sp³-hybridized carbons (Fsp3) is 0.333. The number of ether oxygens (including phenoxy) is 2. The minimum Gasteiger partial charge on any atom is -0.481 e. The van der Waals surface area contributed by atoms with Crippen molar-refractivity contribution in [2.45, 2.75) is 37.8 Å². The number of carbonyl (C=O) groups excluding carboxylic acids is 2. The van der Waals surface area contributed by atoms with Crippen molar-refractivity contribution in [2.24, 2.45) is 0 Å². The van der Waals surface area contributed by atoms with Crippen LogP contribution in [-0.2, 0) is 9.53 Å². The number of rotatable bonds is 6. The second-order valence-corrected chi connectivity index (χ2v) is 6.67. The first kappa shape index (κ1) is 19.7. The molecule has 148 valence electrons. The van der Waals surface area contributed by atoms with Crippen molar-refractivity contribution in [2.75, 3.05) is 11.9 Å². The molecule has 0 radical (unpaired) electrons. The summed E-state index contributed by atoms with van der Waals surface area (Å²) in [6.07, 6.45) is 2.14. The van der Waals surface area contributed by atoms with E-state index in [1.807, 2.05) is 18.2 Å². The second kappa shape index (κ2) is 9.73. The van der Waals surface area contributed by atoms with E-state index in [0.29, 0.717) is 12.1 Å². The molecule has 0 aromatic heterocycles. The molecule has 6 nitrogen and oxygen atoms in total. The monoisotopic (exact) mass is 386 g/mol. The Labute approximate surface area is 163 Å². The average Bonchev–Trinajstić information content (AvgIpc) is 2.68. The Morgan fingerprint density at radius 1 is 1.04 bits per heavy atom. The third-order valence-corrected chi connectivity index (χ3v) is 4.48. The maximum absolute atomic E-state index is 13.5. The first-order chi connectivity index (χ1) is 13.6. The highest BCUT2D eigenvalue weighted by atomic mass is 19.1. The van der Waals surface area contributed by atoms with Gasteiger partial charge in [-0.15, -0.1) is 0 Å². The number of amides is 2. The van der Waals surface area contributed by atoms with E-state index in [4.69, 9.17) is 9.47 Å². The maximum Gasteiger partial charge on any atom is 0.411 e. The fourth-order valence-corrected chi connectivity index (χ4v) is 3.18. The molecule has 28 heavy (non-hydrogen) atoms. The zero-order valence-corrected chi connectivity index (χ0v) is 15.4. The molecular formula is C21H23FN2O4. The highest BCUT2D eigenvalue weighted by Crippen LogP contribution is 2.22. The number of carbonyl (C=O) groups is 2. The van der Waals surface area contributed by atoms with Crippen LogP contribution in [0.1, 0.15) is 25.7 Å². The lowest BCUT2D eigenvalue weighted by Gasteiger charge is -2.29. The van der Waals surface area contributed by atoms with Crippen LogP contribution in [0.2, 0.25) is 0 Å². The summed E-state index contributed by atoms with van der Waals surface area (Å²) in [5.74, 6) is -0.798. The lowest BCUT2D eigenvalue weighted by atomic mass is 9.93. The second-order valence-electron chi connectivity index (χ2n) is 6.67. The highest BCUT2D eigenvalue weighted by Gasteiger charge is 2.26. The lowest BCUT2D eigenvalue weighted by molar-refractivity contribution is -0.124. The topological polar surface area (TPSA) is 76.7 Å². The number of benzene rings is 2. The first-order valence-corrected chi connectivity index (χ1v) is 9.29. The molecule has 1 saturated carbocycles. The predicted octanol–water partition coefficient (Wildman–Crippen LogP) is 3.88. The van der Waals surface area contributed by atoms with E-state index < -0.39 is 11.9 Å². The minimum atomic E-state index is -0.508. The van der Waals surface area contributed by atoms with E-state index in [-0.39, 0.29) is 30.4 Å². The molecule has 1 aliphatic rings. The van der Waals surface area contributed by atoms with Gasteiger partial charge in [-0.3, -0.25) is 10.1 Å². The average molecular weight is 386 g/mol. The summed E-state index contributed by atoms with van der Waals surface area (Å²) in [5.41, 5.74) is 0.665. The van der Waals surface area contributed by atoms with E-state index in [9.17, 15) is 14.0 Å². The van der Waals surface area contributed by atoms with Gasteiger partial charge in [0.05, 0.1) is 0 Å².